The smallest absolute Gasteiger partial charge is 0.395 e. The van der Waals surface area contributed by atoms with E-state index in [9.17, 15) is 14.9 Å². The maximum Gasteiger partial charge on any atom is 0.433 e. The first kappa shape index (κ1) is 15.3. The Labute approximate surface area is 132 Å². The normalized spacial score (nSPS) is 14.5. The molecule has 8 nitrogen and oxygen atoms in total. The third-order valence-corrected chi connectivity index (χ3v) is 4.13. The van der Waals surface area contributed by atoms with Crippen molar-refractivity contribution < 1.29 is 14.1 Å². The highest BCUT2D eigenvalue weighted by atomic mass is 16.6. The van der Waals surface area contributed by atoms with Crippen molar-refractivity contribution in [3.63, 3.8) is 0 Å². The van der Waals surface area contributed by atoms with Crippen LogP contribution in [0.3, 0.4) is 0 Å². The first-order chi connectivity index (χ1) is 11.1. The lowest BCUT2D eigenvalue weighted by molar-refractivity contribution is -0.402. The lowest BCUT2D eigenvalue weighted by Gasteiger charge is -2.29. The monoisotopic (exact) mass is 318 g/mol. The highest BCUT2D eigenvalue weighted by Gasteiger charge is 2.23. The second kappa shape index (κ2) is 6.23. The summed E-state index contributed by atoms with van der Waals surface area (Å²) in [6, 6.07) is 2.99. The fourth-order valence-corrected chi connectivity index (χ4v) is 2.75. The molecule has 122 valence electrons. The van der Waals surface area contributed by atoms with Gasteiger partial charge in [0.15, 0.2) is 5.76 Å². The molecule has 0 aromatic carbocycles. The Morgan fingerprint density at radius 1 is 1.52 bits per heavy atom. The summed E-state index contributed by atoms with van der Waals surface area (Å²) in [5.41, 5.74) is 1.14. The van der Waals surface area contributed by atoms with Crippen molar-refractivity contribution in [3.05, 3.63) is 45.7 Å². The number of aromatic nitrogens is 2. The third kappa shape index (κ3) is 3.10. The summed E-state index contributed by atoms with van der Waals surface area (Å²) in [5.74, 6) is -0.00369. The van der Waals surface area contributed by atoms with Crippen LogP contribution in [0.5, 0.6) is 0 Å². The van der Waals surface area contributed by atoms with Gasteiger partial charge in [-0.15, -0.1) is 0 Å². The average molecular weight is 318 g/mol. The molecule has 0 spiro atoms. The molecule has 0 radical (unpaired) electrons. The van der Waals surface area contributed by atoms with Gasteiger partial charge in [0.05, 0.1) is 6.07 Å². The van der Waals surface area contributed by atoms with Gasteiger partial charge in [-0.2, -0.15) is 0 Å². The van der Waals surface area contributed by atoms with Crippen molar-refractivity contribution in [3.8, 4) is 0 Å². The standard InChI is InChI=1S/C15H18N4O4/c1-10-9-17-13(18(10)11-3-2-4-11)7-8-16-15(20)12-5-6-14(23-12)19(21)22/h5-6,9,11H,2-4,7-8H2,1H3,(H,16,20). The summed E-state index contributed by atoms with van der Waals surface area (Å²) < 4.78 is 7.11. The number of rotatable bonds is 6. The number of furan rings is 1. The lowest BCUT2D eigenvalue weighted by atomic mass is 9.92. The van der Waals surface area contributed by atoms with E-state index in [1.807, 2.05) is 13.1 Å². The molecule has 2 aromatic heterocycles. The molecule has 0 aliphatic heterocycles. The predicted octanol–water partition coefficient (Wildman–Crippen LogP) is 2.39. The Kier molecular flexibility index (Phi) is 4.14. The van der Waals surface area contributed by atoms with Gasteiger partial charge in [-0.05, 0) is 32.3 Å². The number of carbonyl (C=O) groups is 1. The van der Waals surface area contributed by atoms with Crippen LogP contribution in [-0.2, 0) is 6.42 Å². The van der Waals surface area contributed by atoms with Crippen LogP contribution in [0.2, 0.25) is 0 Å². The van der Waals surface area contributed by atoms with E-state index in [0.29, 0.717) is 19.0 Å². The number of hydrogen-bond acceptors (Lipinski definition) is 5. The maximum atomic E-state index is 11.9. The Hall–Kier alpha value is -2.64. The van der Waals surface area contributed by atoms with Gasteiger partial charge in [-0.3, -0.25) is 14.9 Å². The van der Waals surface area contributed by atoms with E-state index in [2.05, 4.69) is 14.9 Å². The van der Waals surface area contributed by atoms with Crippen LogP contribution in [-0.4, -0.2) is 26.9 Å². The van der Waals surface area contributed by atoms with Crippen LogP contribution in [0.1, 0.15) is 47.4 Å². The van der Waals surface area contributed by atoms with Crippen LogP contribution in [0.25, 0.3) is 0 Å². The van der Waals surface area contributed by atoms with Crippen LogP contribution in [0, 0.1) is 17.0 Å². The molecule has 1 aliphatic carbocycles. The maximum absolute atomic E-state index is 11.9. The van der Waals surface area contributed by atoms with E-state index in [1.54, 1.807) is 0 Å². The van der Waals surface area contributed by atoms with Crippen molar-refractivity contribution in [1.29, 1.82) is 0 Å². The number of hydrogen-bond donors (Lipinski definition) is 1. The summed E-state index contributed by atoms with van der Waals surface area (Å²) >= 11 is 0. The topological polar surface area (TPSA) is 103 Å². The van der Waals surface area contributed by atoms with E-state index in [0.717, 1.165) is 11.5 Å². The molecule has 23 heavy (non-hydrogen) atoms. The van der Waals surface area contributed by atoms with Gasteiger partial charge in [0, 0.05) is 30.9 Å². The second-order valence-electron chi connectivity index (χ2n) is 5.67. The van der Waals surface area contributed by atoms with Gasteiger partial charge in [-0.1, -0.05) is 0 Å². The molecular formula is C15H18N4O4. The second-order valence-corrected chi connectivity index (χ2v) is 5.67. The van der Waals surface area contributed by atoms with Gasteiger partial charge < -0.3 is 14.3 Å². The van der Waals surface area contributed by atoms with Crippen LogP contribution in [0.15, 0.2) is 22.7 Å². The number of nitro groups is 1. The van der Waals surface area contributed by atoms with Gasteiger partial charge in [0.25, 0.3) is 5.91 Å². The Morgan fingerprint density at radius 3 is 2.91 bits per heavy atom. The molecular weight excluding hydrogens is 300 g/mol. The van der Waals surface area contributed by atoms with Gasteiger partial charge >= 0.3 is 5.88 Å². The summed E-state index contributed by atoms with van der Waals surface area (Å²) in [7, 11) is 0. The summed E-state index contributed by atoms with van der Waals surface area (Å²) in [6.45, 7) is 2.44. The van der Waals surface area contributed by atoms with Crippen LogP contribution in [0.4, 0.5) is 5.88 Å². The van der Waals surface area contributed by atoms with E-state index in [4.69, 9.17) is 4.42 Å². The number of aryl methyl sites for hydroxylation is 1. The molecule has 2 heterocycles. The first-order valence-corrected chi connectivity index (χ1v) is 7.61. The zero-order chi connectivity index (χ0) is 16.4. The quantitative estimate of drug-likeness (QED) is 0.650. The van der Waals surface area contributed by atoms with Crippen molar-refractivity contribution >= 4 is 11.8 Å². The van der Waals surface area contributed by atoms with E-state index < -0.39 is 16.7 Å². The molecule has 0 bridgehead atoms. The number of carbonyl (C=O) groups excluding carboxylic acids is 1. The average Bonchev–Trinajstić information content (AvgIpc) is 3.07. The Morgan fingerprint density at radius 2 is 2.30 bits per heavy atom. The number of imidazole rings is 1. The third-order valence-electron chi connectivity index (χ3n) is 4.13. The molecule has 0 unspecified atom stereocenters. The summed E-state index contributed by atoms with van der Waals surface area (Å²) in [4.78, 5) is 26.2. The summed E-state index contributed by atoms with van der Waals surface area (Å²) in [5, 5.41) is 13.2. The number of nitrogens with zero attached hydrogens (tertiary/aromatic N) is 3. The fourth-order valence-electron chi connectivity index (χ4n) is 2.75. The minimum atomic E-state index is -0.672. The number of amides is 1. The molecule has 1 aliphatic rings. The molecule has 2 aromatic rings. The van der Waals surface area contributed by atoms with Crippen LogP contribution < -0.4 is 5.32 Å². The molecule has 1 N–H and O–H groups in total. The zero-order valence-electron chi connectivity index (χ0n) is 12.8. The van der Waals surface area contributed by atoms with Gasteiger partial charge in [-0.25, -0.2) is 4.98 Å². The lowest BCUT2D eigenvalue weighted by Crippen LogP contribution is -2.27. The first-order valence-electron chi connectivity index (χ1n) is 7.61. The fraction of sp³-hybridized carbons (Fsp3) is 0.467. The highest BCUT2D eigenvalue weighted by Crippen LogP contribution is 2.33. The molecule has 0 atom stereocenters. The molecule has 1 amide bonds. The Bertz CT molecular complexity index is 730. The molecule has 1 fully saturated rings. The van der Waals surface area contributed by atoms with E-state index >= 15 is 0 Å². The van der Waals surface area contributed by atoms with Gasteiger partial charge in [0.2, 0.25) is 0 Å². The predicted molar refractivity (Wildman–Crippen MR) is 81.3 cm³/mol. The SMILES string of the molecule is Cc1cnc(CCNC(=O)c2ccc([N+](=O)[O-])o2)n1C1CCC1. The van der Waals surface area contributed by atoms with Gasteiger partial charge in [0.1, 0.15) is 10.7 Å². The number of nitrogens with one attached hydrogen (secondary N) is 1. The molecule has 0 saturated heterocycles. The largest absolute Gasteiger partial charge is 0.433 e. The summed E-state index contributed by atoms with van der Waals surface area (Å²) in [6.07, 6.45) is 6.05. The minimum Gasteiger partial charge on any atom is -0.395 e. The van der Waals surface area contributed by atoms with E-state index in [-0.39, 0.29) is 5.76 Å². The van der Waals surface area contributed by atoms with Crippen molar-refractivity contribution in [2.24, 2.45) is 0 Å². The zero-order valence-corrected chi connectivity index (χ0v) is 12.8. The molecule has 8 heteroatoms. The molecule has 3 rings (SSSR count). The van der Waals surface area contributed by atoms with Crippen molar-refractivity contribution in [2.45, 2.75) is 38.6 Å². The Balaban J connectivity index is 1.57. The molecule has 1 saturated carbocycles. The van der Waals surface area contributed by atoms with Crippen molar-refractivity contribution in [2.75, 3.05) is 6.54 Å². The van der Waals surface area contributed by atoms with E-state index in [1.165, 1.54) is 31.4 Å². The highest BCUT2D eigenvalue weighted by molar-refractivity contribution is 5.91. The minimum absolute atomic E-state index is 0.0600. The van der Waals surface area contributed by atoms with Crippen LogP contribution >= 0.6 is 0 Å². The van der Waals surface area contributed by atoms with Crippen molar-refractivity contribution in [1.82, 2.24) is 14.9 Å².